The molecule has 0 amide bonds. The zero-order chi connectivity index (χ0) is 15.2. The number of ether oxygens (including phenoxy) is 1. The molecule has 0 aliphatic rings. The van der Waals surface area contributed by atoms with Gasteiger partial charge in [-0.2, -0.15) is 0 Å². The average Bonchev–Trinajstić information content (AvgIpc) is 2.94. The predicted molar refractivity (Wildman–Crippen MR) is 84.8 cm³/mol. The van der Waals surface area contributed by atoms with Crippen molar-refractivity contribution in [2.24, 2.45) is 0 Å². The normalized spacial score (nSPS) is 13.3. The molecule has 0 saturated carbocycles. The van der Waals surface area contributed by atoms with E-state index in [0.29, 0.717) is 12.4 Å². The lowest BCUT2D eigenvalue weighted by Crippen LogP contribution is -2.16. The van der Waals surface area contributed by atoms with E-state index in [1.807, 2.05) is 35.0 Å². The highest BCUT2D eigenvalue weighted by atomic mass is 79.9. The molecule has 2 atom stereocenters. The standard InChI is InChI=1S/C16H17BrN2O2/c1-12(20)16-18-9-10-19(16)15(11-21-2)8-5-13-3-6-14(17)7-4-13/h3-4,6-7,9-10,12,15,20H,11H2,1-2H3/t12-,15-/m0/s1. The van der Waals surface area contributed by atoms with Gasteiger partial charge in [-0.25, -0.2) is 4.98 Å². The molecule has 0 aliphatic carbocycles. The molecule has 4 nitrogen and oxygen atoms in total. The SMILES string of the molecule is COC[C@H](C#Cc1ccc(Br)cc1)n1ccnc1[C@H](C)O. The molecule has 2 rings (SSSR count). The number of imidazole rings is 1. The third-order valence-corrected chi connectivity index (χ3v) is 3.49. The van der Waals surface area contributed by atoms with Crippen molar-refractivity contribution >= 4 is 15.9 Å². The van der Waals surface area contributed by atoms with Crippen LogP contribution in [0.5, 0.6) is 0 Å². The molecule has 1 heterocycles. The number of nitrogens with zero attached hydrogens (tertiary/aromatic N) is 2. The first kappa shape index (κ1) is 15.8. The number of aliphatic hydroxyl groups excluding tert-OH is 1. The van der Waals surface area contributed by atoms with E-state index >= 15 is 0 Å². The zero-order valence-corrected chi connectivity index (χ0v) is 13.5. The Balaban J connectivity index is 2.27. The van der Waals surface area contributed by atoms with Crippen molar-refractivity contribution in [1.29, 1.82) is 0 Å². The van der Waals surface area contributed by atoms with Gasteiger partial charge in [0.1, 0.15) is 18.0 Å². The number of aromatic nitrogens is 2. The van der Waals surface area contributed by atoms with Gasteiger partial charge in [0.15, 0.2) is 0 Å². The van der Waals surface area contributed by atoms with Crippen LogP contribution >= 0.6 is 15.9 Å². The third kappa shape index (κ3) is 4.18. The minimum absolute atomic E-state index is 0.189. The van der Waals surface area contributed by atoms with Gasteiger partial charge in [-0.05, 0) is 31.2 Å². The van der Waals surface area contributed by atoms with E-state index in [2.05, 4.69) is 32.8 Å². The maximum atomic E-state index is 9.75. The summed E-state index contributed by atoms with van der Waals surface area (Å²) in [5.74, 6) is 6.89. The summed E-state index contributed by atoms with van der Waals surface area (Å²) in [5.41, 5.74) is 0.929. The monoisotopic (exact) mass is 348 g/mol. The van der Waals surface area contributed by atoms with Crippen LogP contribution < -0.4 is 0 Å². The summed E-state index contributed by atoms with van der Waals surface area (Å²) in [4.78, 5) is 4.17. The molecule has 0 radical (unpaired) electrons. The average molecular weight is 349 g/mol. The Morgan fingerprint density at radius 3 is 2.71 bits per heavy atom. The number of rotatable bonds is 4. The molecule has 0 spiro atoms. The van der Waals surface area contributed by atoms with Crippen LogP contribution in [0.3, 0.4) is 0 Å². The second-order valence-electron chi connectivity index (χ2n) is 4.62. The highest BCUT2D eigenvalue weighted by Crippen LogP contribution is 2.16. The Kier molecular flexibility index (Phi) is 5.57. The van der Waals surface area contributed by atoms with Crippen LogP contribution in [0.25, 0.3) is 0 Å². The highest BCUT2D eigenvalue weighted by Gasteiger charge is 2.15. The van der Waals surface area contributed by atoms with Crippen molar-refractivity contribution < 1.29 is 9.84 Å². The molecular formula is C16H17BrN2O2. The summed E-state index contributed by atoms with van der Waals surface area (Å²) in [6.45, 7) is 2.12. The number of aliphatic hydroxyl groups is 1. The van der Waals surface area contributed by atoms with Gasteiger partial charge in [0.05, 0.1) is 6.61 Å². The number of benzene rings is 1. The van der Waals surface area contributed by atoms with Gasteiger partial charge in [-0.1, -0.05) is 27.8 Å². The van der Waals surface area contributed by atoms with Crippen molar-refractivity contribution in [3.8, 4) is 11.8 Å². The Labute approximate surface area is 132 Å². The largest absolute Gasteiger partial charge is 0.385 e. The van der Waals surface area contributed by atoms with E-state index in [4.69, 9.17) is 4.74 Å². The lowest BCUT2D eigenvalue weighted by molar-refractivity contribution is 0.156. The van der Waals surface area contributed by atoms with Gasteiger partial charge < -0.3 is 14.4 Å². The Bertz CT molecular complexity index is 638. The number of hydrogen-bond acceptors (Lipinski definition) is 3. The van der Waals surface area contributed by atoms with Crippen LogP contribution in [-0.2, 0) is 4.74 Å². The smallest absolute Gasteiger partial charge is 0.138 e. The molecule has 5 heteroatoms. The van der Waals surface area contributed by atoms with Crippen LogP contribution in [0, 0.1) is 11.8 Å². The molecular weight excluding hydrogens is 332 g/mol. The first-order valence-electron chi connectivity index (χ1n) is 6.58. The molecule has 1 aromatic heterocycles. The van der Waals surface area contributed by atoms with E-state index in [9.17, 15) is 5.11 Å². The van der Waals surface area contributed by atoms with Gasteiger partial charge in [0.2, 0.25) is 0 Å². The lowest BCUT2D eigenvalue weighted by atomic mass is 10.2. The molecule has 1 aromatic carbocycles. The summed E-state index contributed by atoms with van der Waals surface area (Å²) >= 11 is 3.40. The molecule has 21 heavy (non-hydrogen) atoms. The van der Waals surface area contributed by atoms with Crippen molar-refractivity contribution in [2.75, 3.05) is 13.7 Å². The predicted octanol–water partition coefficient (Wildman–Crippen LogP) is 2.94. The quantitative estimate of drug-likeness (QED) is 0.864. The summed E-state index contributed by atoms with van der Waals surface area (Å²) in [7, 11) is 1.63. The third-order valence-electron chi connectivity index (χ3n) is 2.96. The second-order valence-corrected chi connectivity index (χ2v) is 5.53. The fourth-order valence-corrected chi connectivity index (χ4v) is 2.23. The van der Waals surface area contributed by atoms with Gasteiger partial charge >= 0.3 is 0 Å². The van der Waals surface area contributed by atoms with Gasteiger partial charge in [0.25, 0.3) is 0 Å². The van der Waals surface area contributed by atoms with Gasteiger partial charge in [-0.3, -0.25) is 0 Å². The molecule has 110 valence electrons. The van der Waals surface area contributed by atoms with Gasteiger partial charge in [-0.15, -0.1) is 0 Å². The van der Waals surface area contributed by atoms with Crippen LogP contribution in [0.15, 0.2) is 41.1 Å². The van der Waals surface area contributed by atoms with Gasteiger partial charge in [0, 0.05) is 29.5 Å². The van der Waals surface area contributed by atoms with E-state index in [1.54, 1.807) is 20.2 Å². The van der Waals surface area contributed by atoms with Crippen LogP contribution in [0.2, 0.25) is 0 Å². The van der Waals surface area contributed by atoms with Crippen LogP contribution in [0.1, 0.15) is 30.5 Å². The number of hydrogen-bond donors (Lipinski definition) is 1. The summed E-state index contributed by atoms with van der Waals surface area (Å²) in [6.07, 6.45) is 2.82. The van der Waals surface area contributed by atoms with E-state index in [1.165, 1.54) is 0 Å². The number of halogens is 1. The molecule has 1 N–H and O–H groups in total. The Hall–Kier alpha value is -1.61. The minimum Gasteiger partial charge on any atom is -0.385 e. The van der Waals surface area contributed by atoms with Crippen molar-refractivity contribution in [2.45, 2.75) is 19.1 Å². The van der Waals surface area contributed by atoms with E-state index in [-0.39, 0.29) is 6.04 Å². The first-order chi connectivity index (χ1) is 10.1. The summed E-state index contributed by atoms with van der Waals surface area (Å²) in [6, 6.07) is 7.61. The van der Waals surface area contributed by atoms with Crippen LogP contribution in [0.4, 0.5) is 0 Å². The van der Waals surface area contributed by atoms with Crippen molar-refractivity contribution in [1.82, 2.24) is 9.55 Å². The zero-order valence-electron chi connectivity index (χ0n) is 12.0. The molecule has 0 bridgehead atoms. The summed E-state index contributed by atoms with van der Waals surface area (Å²) < 4.78 is 8.10. The molecule has 0 aliphatic heterocycles. The van der Waals surface area contributed by atoms with Crippen molar-refractivity contribution in [3.63, 3.8) is 0 Å². The maximum Gasteiger partial charge on any atom is 0.138 e. The van der Waals surface area contributed by atoms with Crippen molar-refractivity contribution in [3.05, 3.63) is 52.5 Å². The lowest BCUT2D eigenvalue weighted by Gasteiger charge is -2.16. The minimum atomic E-state index is -0.645. The molecule has 0 saturated heterocycles. The van der Waals surface area contributed by atoms with Crippen LogP contribution in [-0.4, -0.2) is 28.4 Å². The second kappa shape index (κ2) is 7.41. The van der Waals surface area contributed by atoms with E-state index in [0.717, 1.165) is 10.0 Å². The van der Waals surface area contributed by atoms with E-state index < -0.39 is 6.10 Å². The Morgan fingerprint density at radius 1 is 1.38 bits per heavy atom. The maximum absolute atomic E-state index is 9.75. The fraction of sp³-hybridized carbons (Fsp3) is 0.312. The molecule has 0 fully saturated rings. The first-order valence-corrected chi connectivity index (χ1v) is 7.38. The topological polar surface area (TPSA) is 47.3 Å². The Morgan fingerprint density at radius 2 is 2.10 bits per heavy atom. The highest BCUT2D eigenvalue weighted by molar-refractivity contribution is 9.10. The molecule has 0 unspecified atom stereocenters. The summed E-state index contributed by atoms with van der Waals surface area (Å²) in [5, 5.41) is 9.75. The fourth-order valence-electron chi connectivity index (χ4n) is 1.96. The number of methoxy groups -OCH3 is 1. The molecule has 2 aromatic rings.